The van der Waals surface area contributed by atoms with Crippen LogP contribution in [0, 0.1) is 6.92 Å². The highest BCUT2D eigenvalue weighted by Gasteiger charge is 2.30. The van der Waals surface area contributed by atoms with Crippen LogP contribution in [0.25, 0.3) is 5.69 Å². The van der Waals surface area contributed by atoms with E-state index in [-0.39, 0.29) is 36.8 Å². The highest BCUT2D eigenvalue weighted by molar-refractivity contribution is 6.30. The van der Waals surface area contributed by atoms with Crippen LogP contribution in [-0.2, 0) is 19.0 Å². The number of hydrogen-bond acceptors (Lipinski definition) is 11. The lowest BCUT2D eigenvalue weighted by Crippen LogP contribution is -2.29. The number of carbonyl (C=O) groups excluding carboxylic acids is 2. The third-order valence-electron chi connectivity index (χ3n) is 7.73. The van der Waals surface area contributed by atoms with E-state index < -0.39 is 17.7 Å². The van der Waals surface area contributed by atoms with Crippen LogP contribution < -0.4 is 15.4 Å². The predicted octanol–water partition coefficient (Wildman–Crippen LogP) is 3.53. The highest BCUT2D eigenvalue weighted by Crippen LogP contribution is 2.34. The SMILES string of the molecule is COc1ccc2c(c1)C(c1ccc(Cl)cc1)=NC(CC(=O)NCCOCCOCCOCCNC(=O)c1cccc(O)c1O)c1nnc(C)n1-2. The standard InChI is InChI=1S/C35H39ClN6O8/c1-22-40-41-34-28(39-32(23-6-8-24(36)9-7-23)27-20-25(47-2)10-11-29(27)42(22)34)21-31(44)37-12-14-48-16-18-50-19-17-49-15-13-38-35(46)26-4-3-5-30(43)33(26)45/h3-11,20,28,43,45H,12-19,21H2,1-2H3,(H,37,44)(H,38,46). The Hall–Kier alpha value is -5.02. The van der Waals surface area contributed by atoms with Crippen LogP contribution in [0.3, 0.4) is 0 Å². The molecule has 1 aliphatic rings. The van der Waals surface area contributed by atoms with Crippen LogP contribution in [-0.4, -0.2) is 102 Å². The second kappa shape index (κ2) is 17.6. The highest BCUT2D eigenvalue weighted by atomic mass is 35.5. The Morgan fingerprint density at radius 3 is 2.26 bits per heavy atom. The van der Waals surface area contributed by atoms with E-state index in [0.29, 0.717) is 67.7 Å². The van der Waals surface area contributed by atoms with Crippen molar-refractivity contribution in [3.05, 3.63) is 94.0 Å². The topological polar surface area (TPSA) is 179 Å². The van der Waals surface area contributed by atoms with Crippen LogP contribution >= 0.6 is 11.6 Å². The summed E-state index contributed by atoms with van der Waals surface area (Å²) in [6.45, 7) is 4.26. The average Bonchev–Trinajstić information content (AvgIpc) is 3.44. The Kier molecular flexibility index (Phi) is 12.8. The first-order valence-electron chi connectivity index (χ1n) is 16.0. The van der Waals surface area contributed by atoms with E-state index in [9.17, 15) is 19.8 Å². The van der Waals surface area contributed by atoms with Crippen molar-refractivity contribution in [2.45, 2.75) is 19.4 Å². The molecule has 3 aromatic carbocycles. The number of aryl methyl sites for hydroxylation is 1. The molecule has 1 aromatic heterocycles. The number of aromatic nitrogens is 3. The smallest absolute Gasteiger partial charge is 0.255 e. The zero-order valence-electron chi connectivity index (χ0n) is 27.7. The molecule has 0 radical (unpaired) electrons. The molecule has 5 rings (SSSR count). The molecule has 0 bridgehead atoms. The van der Waals surface area contributed by atoms with Gasteiger partial charge in [0.1, 0.15) is 17.6 Å². The number of ether oxygens (including phenoxy) is 4. The van der Waals surface area contributed by atoms with E-state index in [0.717, 1.165) is 16.8 Å². The average molecular weight is 707 g/mol. The Labute approximate surface area is 294 Å². The van der Waals surface area contributed by atoms with Crippen molar-refractivity contribution in [2.24, 2.45) is 4.99 Å². The molecule has 0 saturated carbocycles. The van der Waals surface area contributed by atoms with Gasteiger partial charge in [0.2, 0.25) is 5.91 Å². The van der Waals surface area contributed by atoms with Crippen molar-refractivity contribution in [3.8, 4) is 22.9 Å². The fourth-order valence-corrected chi connectivity index (χ4v) is 5.40. The van der Waals surface area contributed by atoms with Crippen LogP contribution in [0.15, 0.2) is 65.7 Å². The number of para-hydroxylation sites is 1. The molecule has 2 amide bonds. The second-order valence-electron chi connectivity index (χ2n) is 11.1. The Bertz CT molecular complexity index is 1810. The number of carbonyl (C=O) groups is 2. The van der Waals surface area contributed by atoms with Gasteiger partial charge in [-0.1, -0.05) is 29.8 Å². The number of phenolic OH excluding ortho intramolecular Hbond substituents is 2. The van der Waals surface area contributed by atoms with Crippen LogP contribution in [0.2, 0.25) is 5.02 Å². The zero-order chi connectivity index (χ0) is 35.5. The number of amides is 2. The van der Waals surface area contributed by atoms with Gasteiger partial charge in [0, 0.05) is 29.2 Å². The lowest BCUT2D eigenvalue weighted by atomic mass is 10.00. The van der Waals surface area contributed by atoms with Crippen molar-refractivity contribution >= 4 is 29.1 Å². The van der Waals surface area contributed by atoms with Gasteiger partial charge in [-0.15, -0.1) is 10.2 Å². The van der Waals surface area contributed by atoms with Gasteiger partial charge in [-0.3, -0.25) is 19.1 Å². The molecule has 14 nitrogen and oxygen atoms in total. The van der Waals surface area contributed by atoms with E-state index in [1.165, 1.54) is 18.2 Å². The minimum Gasteiger partial charge on any atom is -0.504 e. The van der Waals surface area contributed by atoms with E-state index >= 15 is 0 Å². The second-order valence-corrected chi connectivity index (χ2v) is 11.6. The first kappa shape index (κ1) is 36.3. The summed E-state index contributed by atoms with van der Waals surface area (Å²) in [4.78, 5) is 30.3. The number of nitrogens with one attached hydrogen (secondary N) is 2. The summed E-state index contributed by atoms with van der Waals surface area (Å²) >= 11 is 6.18. The van der Waals surface area contributed by atoms with Gasteiger partial charge in [0.25, 0.3) is 5.91 Å². The maximum atomic E-state index is 13.1. The van der Waals surface area contributed by atoms with Gasteiger partial charge in [0.05, 0.1) is 70.1 Å². The third-order valence-corrected chi connectivity index (χ3v) is 7.98. The number of benzene rings is 3. The summed E-state index contributed by atoms with van der Waals surface area (Å²) in [6, 6.07) is 16.7. The minimum absolute atomic E-state index is 0.0148. The largest absolute Gasteiger partial charge is 0.504 e. The number of halogens is 1. The summed E-state index contributed by atoms with van der Waals surface area (Å²) < 4.78 is 24.0. The van der Waals surface area contributed by atoms with Crippen molar-refractivity contribution in [1.82, 2.24) is 25.4 Å². The first-order valence-corrected chi connectivity index (χ1v) is 16.4. The zero-order valence-corrected chi connectivity index (χ0v) is 28.5. The fraction of sp³-hybridized carbons (Fsp3) is 0.343. The van der Waals surface area contributed by atoms with Gasteiger partial charge >= 0.3 is 0 Å². The molecular formula is C35H39ClN6O8. The van der Waals surface area contributed by atoms with E-state index in [4.69, 9.17) is 35.5 Å². The van der Waals surface area contributed by atoms with E-state index in [2.05, 4.69) is 20.8 Å². The molecule has 0 aliphatic carbocycles. The van der Waals surface area contributed by atoms with Crippen LogP contribution in [0.5, 0.6) is 17.2 Å². The first-order chi connectivity index (χ1) is 24.3. The van der Waals surface area contributed by atoms with Gasteiger partial charge in [0.15, 0.2) is 17.3 Å². The number of fused-ring (bicyclic) bond motifs is 3. The van der Waals surface area contributed by atoms with Crippen molar-refractivity contribution < 1.29 is 38.7 Å². The number of hydrogen-bond donors (Lipinski definition) is 4. The number of rotatable bonds is 17. The number of aromatic hydroxyl groups is 2. The molecule has 15 heteroatoms. The summed E-state index contributed by atoms with van der Waals surface area (Å²) in [5.41, 5.74) is 3.16. The molecule has 4 aromatic rings. The number of phenols is 2. The van der Waals surface area contributed by atoms with E-state index in [1.54, 1.807) is 19.2 Å². The van der Waals surface area contributed by atoms with Gasteiger partial charge < -0.3 is 39.8 Å². The Balaban J connectivity index is 1.03. The maximum Gasteiger partial charge on any atom is 0.255 e. The lowest BCUT2D eigenvalue weighted by molar-refractivity contribution is -0.121. The van der Waals surface area contributed by atoms with Crippen molar-refractivity contribution in [2.75, 3.05) is 59.8 Å². The summed E-state index contributed by atoms with van der Waals surface area (Å²) in [7, 11) is 1.61. The fourth-order valence-electron chi connectivity index (χ4n) is 5.28. The molecule has 1 aliphatic heterocycles. The molecule has 0 saturated heterocycles. The number of aliphatic imine (C=N–C) groups is 1. The monoisotopic (exact) mass is 706 g/mol. The number of methoxy groups -OCH3 is 1. The summed E-state index contributed by atoms with van der Waals surface area (Å²) in [6.07, 6.45) is 0.0471. The molecule has 1 atom stereocenters. The van der Waals surface area contributed by atoms with Gasteiger partial charge in [-0.2, -0.15) is 0 Å². The predicted molar refractivity (Wildman–Crippen MR) is 185 cm³/mol. The van der Waals surface area contributed by atoms with Gasteiger partial charge in [-0.05, 0) is 49.4 Å². The molecular weight excluding hydrogens is 668 g/mol. The minimum atomic E-state index is -0.611. The van der Waals surface area contributed by atoms with E-state index in [1.807, 2.05) is 41.8 Å². The quantitative estimate of drug-likeness (QED) is 0.0938. The Morgan fingerprint density at radius 2 is 1.56 bits per heavy atom. The molecule has 264 valence electrons. The van der Waals surface area contributed by atoms with Crippen molar-refractivity contribution in [1.29, 1.82) is 0 Å². The summed E-state index contributed by atoms with van der Waals surface area (Å²) in [5, 5.41) is 34.1. The van der Waals surface area contributed by atoms with Gasteiger partial charge in [-0.25, -0.2) is 0 Å². The third kappa shape index (κ3) is 9.15. The lowest BCUT2D eigenvalue weighted by Gasteiger charge is -2.14. The molecule has 2 heterocycles. The van der Waals surface area contributed by atoms with Crippen LogP contribution in [0.4, 0.5) is 0 Å². The van der Waals surface area contributed by atoms with Crippen molar-refractivity contribution in [3.63, 3.8) is 0 Å². The normalized spacial score (nSPS) is 13.5. The molecule has 0 fully saturated rings. The molecule has 0 spiro atoms. The number of nitrogens with zero attached hydrogens (tertiary/aromatic N) is 4. The molecule has 4 N–H and O–H groups in total. The maximum absolute atomic E-state index is 13.1. The molecule has 50 heavy (non-hydrogen) atoms. The van der Waals surface area contributed by atoms with Crippen LogP contribution in [0.1, 0.15) is 45.6 Å². The summed E-state index contributed by atoms with van der Waals surface area (Å²) in [5.74, 6) is 0.346. The molecule has 1 unspecified atom stereocenters. The Morgan fingerprint density at radius 1 is 0.880 bits per heavy atom.